The van der Waals surface area contributed by atoms with Crippen molar-refractivity contribution in [2.75, 3.05) is 19.6 Å². The molecule has 0 radical (unpaired) electrons. The number of hydrogen-bond donors (Lipinski definition) is 1. The molecule has 2 aromatic carbocycles. The Balaban J connectivity index is 1.35. The number of ketones is 1. The van der Waals surface area contributed by atoms with Crippen molar-refractivity contribution in [1.82, 2.24) is 10.2 Å². The maximum Gasteiger partial charge on any atom is 0.251 e. The first-order valence-electron chi connectivity index (χ1n) is 9.39. The Morgan fingerprint density at radius 2 is 1.46 bits per heavy atom. The van der Waals surface area contributed by atoms with E-state index in [0.717, 1.165) is 44.5 Å². The highest BCUT2D eigenvalue weighted by Gasteiger charge is 2.21. The maximum atomic E-state index is 12.2. The standard InChI is InChI=1S/C22H26N2O2/c25-21(18-8-3-1-4-9-18)12-7-15-24-16-13-20(14-17-24)23-22(26)19-10-5-2-6-11-19/h1-6,8-11,20H,7,12-17H2,(H,23,26). The van der Waals surface area contributed by atoms with Crippen LogP contribution in [0.25, 0.3) is 0 Å². The zero-order valence-corrected chi connectivity index (χ0v) is 15.1. The summed E-state index contributed by atoms with van der Waals surface area (Å²) in [5.74, 6) is 0.230. The van der Waals surface area contributed by atoms with Crippen LogP contribution in [0.3, 0.4) is 0 Å². The lowest BCUT2D eigenvalue weighted by molar-refractivity contribution is 0.0903. The molecule has 0 atom stereocenters. The number of likely N-dealkylation sites (tertiary alicyclic amines) is 1. The number of nitrogens with zero attached hydrogens (tertiary/aromatic N) is 1. The summed E-state index contributed by atoms with van der Waals surface area (Å²) in [6.07, 6.45) is 3.40. The molecule has 4 nitrogen and oxygen atoms in total. The first kappa shape index (κ1) is 18.3. The van der Waals surface area contributed by atoms with Crippen molar-refractivity contribution in [3.63, 3.8) is 0 Å². The fourth-order valence-electron chi connectivity index (χ4n) is 3.39. The van der Waals surface area contributed by atoms with Gasteiger partial charge in [-0.3, -0.25) is 9.59 Å². The Morgan fingerprint density at radius 1 is 0.885 bits per heavy atom. The summed E-state index contributed by atoms with van der Waals surface area (Å²) >= 11 is 0. The second-order valence-electron chi connectivity index (χ2n) is 6.85. The molecule has 1 N–H and O–H groups in total. The summed E-state index contributed by atoms with van der Waals surface area (Å²) in [6.45, 7) is 2.89. The van der Waals surface area contributed by atoms with Gasteiger partial charge < -0.3 is 10.2 Å². The molecule has 0 saturated carbocycles. The minimum atomic E-state index is 0.0116. The summed E-state index contributed by atoms with van der Waals surface area (Å²) < 4.78 is 0. The van der Waals surface area contributed by atoms with Gasteiger partial charge in [-0.05, 0) is 37.9 Å². The third-order valence-electron chi connectivity index (χ3n) is 4.93. The van der Waals surface area contributed by atoms with Crippen LogP contribution in [0.15, 0.2) is 60.7 Å². The number of Topliss-reactive ketones (excluding diaryl/α,β-unsaturated/α-hetero) is 1. The fraction of sp³-hybridized carbons (Fsp3) is 0.364. The number of rotatable bonds is 7. The maximum absolute atomic E-state index is 12.2. The van der Waals surface area contributed by atoms with Gasteiger partial charge in [0.25, 0.3) is 5.91 Å². The molecular formula is C22H26N2O2. The minimum Gasteiger partial charge on any atom is -0.349 e. The van der Waals surface area contributed by atoms with Gasteiger partial charge in [-0.25, -0.2) is 0 Å². The Morgan fingerprint density at radius 3 is 2.08 bits per heavy atom. The number of benzene rings is 2. The molecule has 0 spiro atoms. The van der Waals surface area contributed by atoms with Gasteiger partial charge in [0.1, 0.15) is 0 Å². The Kier molecular flexibility index (Phi) is 6.56. The van der Waals surface area contributed by atoms with Crippen molar-refractivity contribution in [3.8, 4) is 0 Å². The average molecular weight is 350 g/mol. The Bertz CT molecular complexity index is 707. The summed E-state index contributed by atoms with van der Waals surface area (Å²) in [5, 5.41) is 3.13. The van der Waals surface area contributed by atoms with Crippen LogP contribution in [0.4, 0.5) is 0 Å². The molecule has 0 aliphatic carbocycles. The van der Waals surface area contributed by atoms with Gasteiger partial charge in [0.05, 0.1) is 0 Å². The van der Waals surface area contributed by atoms with Gasteiger partial charge in [0.15, 0.2) is 5.78 Å². The Labute approximate surface area is 155 Å². The molecule has 1 saturated heterocycles. The highest BCUT2D eigenvalue weighted by atomic mass is 16.1. The van der Waals surface area contributed by atoms with E-state index in [4.69, 9.17) is 0 Å². The molecule has 4 heteroatoms. The zero-order chi connectivity index (χ0) is 18.2. The van der Waals surface area contributed by atoms with Gasteiger partial charge in [-0.2, -0.15) is 0 Å². The monoisotopic (exact) mass is 350 g/mol. The molecule has 1 aliphatic heterocycles. The number of carbonyl (C=O) groups is 2. The first-order valence-corrected chi connectivity index (χ1v) is 9.39. The third-order valence-corrected chi connectivity index (χ3v) is 4.93. The molecule has 1 heterocycles. The Hall–Kier alpha value is -2.46. The molecule has 136 valence electrons. The van der Waals surface area contributed by atoms with E-state index in [1.807, 2.05) is 60.7 Å². The van der Waals surface area contributed by atoms with Crippen molar-refractivity contribution in [1.29, 1.82) is 0 Å². The number of carbonyl (C=O) groups excluding carboxylic acids is 2. The highest BCUT2D eigenvalue weighted by Crippen LogP contribution is 2.13. The van der Waals surface area contributed by atoms with Crippen LogP contribution >= 0.6 is 0 Å². The zero-order valence-electron chi connectivity index (χ0n) is 15.1. The smallest absolute Gasteiger partial charge is 0.251 e. The van der Waals surface area contributed by atoms with E-state index in [9.17, 15) is 9.59 Å². The highest BCUT2D eigenvalue weighted by molar-refractivity contribution is 5.96. The predicted octanol–water partition coefficient (Wildman–Crippen LogP) is 3.54. The summed E-state index contributed by atoms with van der Waals surface area (Å²) in [5.41, 5.74) is 1.52. The quantitative estimate of drug-likeness (QED) is 0.777. The molecule has 0 bridgehead atoms. The fourth-order valence-corrected chi connectivity index (χ4v) is 3.39. The second kappa shape index (κ2) is 9.30. The van der Waals surface area contributed by atoms with Crippen LogP contribution < -0.4 is 5.32 Å². The van der Waals surface area contributed by atoms with Crippen LogP contribution in [0.1, 0.15) is 46.4 Å². The van der Waals surface area contributed by atoms with Crippen LogP contribution in [0, 0.1) is 0 Å². The molecule has 1 fully saturated rings. The number of amides is 1. The van der Waals surface area contributed by atoms with Crippen LogP contribution in [-0.4, -0.2) is 42.3 Å². The number of piperidine rings is 1. The van der Waals surface area contributed by atoms with E-state index in [1.165, 1.54) is 0 Å². The minimum absolute atomic E-state index is 0.0116. The van der Waals surface area contributed by atoms with E-state index >= 15 is 0 Å². The lowest BCUT2D eigenvalue weighted by Crippen LogP contribution is -2.44. The molecule has 0 aromatic heterocycles. The van der Waals surface area contributed by atoms with E-state index in [0.29, 0.717) is 12.0 Å². The topological polar surface area (TPSA) is 49.4 Å². The van der Waals surface area contributed by atoms with Gasteiger partial charge in [-0.15, -0.1) is 0 Å². The number of nitrogens with one attached hydrogen (secondary N) is 1. The lowest BCUT2D eigenvalue weighted by Gasteiger charge is -2.32. The average Bonchev–Trinajstić information content (AvgIpc) is 2.70. The van der Waals surface area contributed by atoms with Crippen molar-refractivity contribution in [2.45, 2.75) is 31.7 Å². The van der Waals surface area contributed by atoms with E-state index in [-0.39, 0.29) is 17.7 Å². The molecule has 0 unspecified atom stereocenters. The SMILES string of the molecule is O=C(CCCN1CCC(NC(=O)c2ccccc2)CC1)c1ccccc1. The molecular weight excluding hydrogens is 324 g/mol. The van der Waals surface area contributed by atoms with Gasteiger partial charge in [0.2, 0.25) is 0 Å². The van der Waals surface area contributed by atoms with E-state index in [2.05, 4.69) is 10.2 Å². The lowest BCUT2D eigenvalue weighted by atomic mass is 10.0. The van der Waals surface area contributed by atoms with Crippen molar-refractivity contribution < 1.29 is 9.59 Å². The molecule has 3 rings (SSSR count). The van der Waals surface area contributed by atoms with Gasteiger partial charge in [0, 0.05) is 36.7 Å². The van der Waals surface area contributed by atoms with Gasteiger partial charge in [-0.1, -0.05) is 48.5 Å². The second-order valence-corrected chi connectivity index (χ2v) is 6.85. The van der Waals surface area contributed by atoms with Crippen LogP contribution in [-0.2, 0) is 0 Å². The van der Waals surface area contributed by atoms with E-state index < -0.39 is 0 Å². The molecule has 26 heavy (non-hydrogen) atoms. The van der Waals surface area contributed by atoms with Gasteiger partial charge >= 0.3 is 0 Å². The largest absolute Gasteiger partial charge is 0.349 e. The van der Waals surface area contributed by atoms with E-state index in [1.54, 1.807) is 0 Å². The van der Waals surface area contributed by atoms with Crippen LogP contribution in [0.5, 0.6) is 0 Å². The summed E-state index contributed by atoms with van der Waals surface area (Å²) in [6, 6.07) is 19.1. The molecule has 1 aliphatic rings. The molecule has 2 aromatic rings. The summed E-state index contributed by atoms with van der Waals surface area (Å²) in [4.78, 5) is 26.7. The van der Waals surface area contributed by atoms with Crippen molar-refractivity contribution >= 4 is 11.7 Å². The summed E-state index contributed by atoms with van der Waals surface area (Å²) in [7, 11) is 0. The normalized spacial score (nSPS) is 15.5. The molecule has 1 amide bonds. The predicted molar refractivity (Wildman–Crippen MR) is 103 cm³/mol. The van der Waals surface area contributed by atoms with Crippen LogP contribution in [0.2, 0.25) is 0 Å². The third kappa shape index (κ3) is 5.27. The first-order chi connectivity index (χ1) is 12.7. The van der Waals surface area contributed by atoms with Crippen molar-refractivity contribution in [3.05, 3.63) is 71.8 Å². The van der Waals surface area contributed by atoms with Crippen molar-refractivity contribution in [2.24, 2.45) is 0 Å². The number of hydrogen-bond acceptors (Lipinski definition) is 3.